The van der Waals surface area contributed by atoms with E-state index in [1.807, 2.05) is 0 Å². The Balaban J connectivity index is 2.73. The summed E-state index contributed by atoms with van der Waals surface area (Å²) in [5.74, 6) is 0. The van der Waals surface area contributed by atoms with Gasteiger partial charge in [-0.3, -0.25) is 0 Å². The van der Waals surface area contributed by atoms with Crippen molar-refractivity contribution >= 4 is 5.69 Å². The van der Waals surface area contributed by atoms with Crippen LogP contribution in [0.1, 0.15) is 47.6 Å². The number of hydrogen-bond donors (Lipinski definition) is 0. The summed E-state index contributed by atoms with van der Waals surface area (Å²) in [5.41, 5.74) is 9.29. The van der Waals surface area contributed by atoms with Gasteiger partial charge >= 0.3 is 0 Å². The second kappa shape index (κ2) is 4.72. The highest BCUT2D eigenvalue weighted by Gasteiger charge is 2.20. The van der Waals surface area contributed by atoms with Crippen LogP contribution in [-0.2, 0) is 12.8 Å². The van der Waals surface area contributed by atoms with Gasteiger partial charge in [0.15, 0.2) is 0 Å². The van der Waals surface area contributed by atoms with Crippen molar-refractivity contribution < 1.29 is 0 Å². The third-order valence-corrected chi connectivity index (χ3v) is 4.51. The van der Waals surface area contributed by atoms with Crippen LogP contribution in [0.5, 0.6) is 0 Å². The summed E-state index contributed by atoms with van der Waals surface area (Å²) >= 11 is 0. The average molecular weight is 231 g/mol. The molecule has 0 radical (unpaired) electrons. The molecule has 0 saturated heterocycles. The Bertz CT molecular complexity index is 432. The van der Waals surface area contributed by atoms with Gasteiger partial charge in [-0.05, 0) is 74.3 Å². The van der Waals surface area contributed by atoms with Crippen LogP contribution in [0.2, 0.25) is 0 Å². The average Bonchev–Trinajstić information content (AvgIpc) is 2.50. The molecule has 1 aliphatic heterocycles. The Morgan fingerprint density at radius 2 is 1.71 bits per heavy atom. The molecule has 0 spiro atoms. The first kappa shape index (κ1) is 12.5. The van der Waals surface area contributed by atoms with Crippen LogP contribution < -0.4 is 4.90 Å². The quantitative estimate of drug-likeness (QED) is 0.707. The fourth-order valence-corrected chi connectivity index (χ4v) is 3.23. The molecule has 1 aromatic rings. The molecule has 2 rings (SSSR count). The molecule has 1 nitrogen and oxygen atoms in total. The summed E-state index contributed by atoms with van der Waals surface area (Å²) in [4.78, 5) is 2.49. The summed E-state index contributed by atoms with van der Waals surface area (Å²) < 4.78 is 0. The molecular weight excluding hydrogens is 206 g/mol. The zero-order valence-corrected chi connectivity index (χ0v) is 12.0. The van der Waals surface area contributed by atoms with E-state index in [-0.39, 0.29) is 0 Å². The van der Waals surface area contributed by atoms with Crippen molar-refractivity contribution in [3.05, 3.63) is 27.8 Å². The second-order valence-corrected chi connectivity index (χ2v) is 5.41. The first-order valence-electron chi connectivity index (χ1n) is 6.90. The van der Waals surface area contributed by atoms with E-state index in [1.54, 1.807) is 16.8 Å². The van der Waals surface area contributed by atoms with Crippen molar-refractivity contribution in [3.8, 4) is 0 Å². The van der Waals surface area contributed by atoms with Gasteiger partial charge in [0, 0.05) is 19.3 Å². The fourth-order valence-electron chi connectivity index (χ4n) is 3.23. The molecule has 1 heteroatoms. The normalized spacial score (nSPS) is 15.7. The minimum absolute atomic E-state index is 1.15. The molecule has 0 bridgehead atoms. The van der Waals surface area contributed by atoms with E-state index in [0.717, 1.165) is 6.42 Å². The molecule has 0 atom stereocenters. The lowest BCUT2D eigenvalue weighted by Gasteiger charge is -2.27. The molecule has 1 aliphatic rings. The largest absolute Gasteiger partial charge is 0.374 e. The Morgan fingerprint density at radius 3 is 2.35 bits per heavy atom. The van der Waals surface area contributed by atoms with Gasteiger partial charge < -0.3 is 4.90 Å². The molecule has 94 valence electrons. The summed E-state index contributed by atoms with van der Waals surface area (Å²) in [6.07, 6.45) is 5.08. The molecule has 0 fully saturated rings. The lowest BCUT2D eigenvalue weighted by atomic mass is 9.88. The van der Waals surface area contributed by atoms with Crippen LogP contribution in [0, 0.1) is 20.8 Å². The van der Waals surface area contributed by atoms with E-state index in [1.165, 1.54) is 42.5 Å². The van der Waals surface area contributed by atoms with Crippen LogP contribution in [0.25, 0.3) is 0 Å². The highest BCUT2D eigenvalue weighted by molar-refractivity contribution is 5.67. The Morgan fingerprint density at radius 1 is 1.00 bits per heavy atom. The van der Waals surface area contributed by atoms with Gasteiger partial charge in [-0.1, -0.05) is 6.92 Å². The predicted octanol–water partition coefficient (Wildman–Crippen LogP) is 3.95. The number of hydrogen-bond acceptors (Lipinski definition) is 1. The number of benzene rings is 1. The lowest BCUT2D eigenvalue weighted by molar-refractivity contribution is 0.748. The minimum atomic E-state index is 1.15. The summed E-state index contributed by atoms with van der Waals surface area (Å²) in [6, 6.07) is 0. The third kappa shape index (κ3) is 1.96. The predicted molar refractivity (Wildman–Crippen MR) is 76.2 cm³/mol. The van der Waals surface area contributed by atoms with Gasteiger partial charge in [0.2, 0.25) is 0 Å². The number of nitrogens with zero attached hydrogens (tertiary/aromatic N) is 1. The van der Waals surface area contributed by atoms with Crippen LogP contribution in [-0.4, -0.2) is 13.6 Å². The van der Waals surface area contributed by atoms with Crippen molar-refractivity contribution in [3.63, 3.8) is 0 Å². The molecule has 1 heterocycles. The molecule has 0 amide bonds. The maximum atomic E-state index is 2.49. The maximum absolute atomic E-state index is 2.49. The summed E-state index contributed by atoms with van der Waals surface area (Å²) in [7, 11) is 2.26. The van der Waals surface area contributed by atoms with E-state index >= 15 is 0 Å². The highest BCUT2D eigenvalue weighted by Crippen LogP contribution is 2.36. The number of rotatable bonds is 1. The van der Waals surface area contributed by atoms with Crippen molar-refractivity contribution in [1.29, 1.82) is 0 Å². The molecule has 0 aromatic heterocycles. The SMILES string of the molecule is CCc1c(C)c(C)c(C)c2c1N(C)CCCC2. The first-order valence-corrected chi connectivity index (χ1v) is 6.90. The Kier molecular flexibility index (Phi) is 3.46. The van der Waals surface area contributed by atoms with Gasteiger partial charge in [-0.2, -0.15) is 0 Å². The van der Waals surface area contributed by atoms with Gasteiger partial charge in [0.05, 0.1) is 0 Å². The lowest BCUT2D eigenvalue weighted by Crippen LogP contribution is -2.20. The smallest absolute Gasteiger partial charge is 0.0434 e. The summed E-state index contributed by atoms with van der Waals surface area (Å²) in [5, 5.41) is 0. The Hall–Kier alpha value is -0.980. The molecule has 17 heavy (non-hydrogen) atoms. The van der Waals surface area contributed by atoms with Gasteiger partial charge in [-0.15, -0.1) is 0 Å². The Labute approximate surface area is 106 Å². The summed E-state index contributed by atoms with van der Waals surface area (Å²) in [6.45, 7) is 10.4. The van der Waals surface area contributed by atoms with E-state index in [0.29, 0.717) is 0 Å². The van der Waals surface area contributed by atoms with Crippen LogP contribution in [0.15, 0.2) is 0 Å². The van der Waals surface area contributed by atoms with Crippen molar-refractivity contribution in [2.45, 2.75) is 53.4 Å². The molecule has 0 N–H and O–H groups in total. The zero-order chi connectivity index (χ0) is 12.6. The number of anilines is 1. The van der Waals surface area contributed by atoms with E-state index in [4.69, 9.17) is 0 Å². The first-order chi connectivity index (χ1) is 8.07. The third-order valence-electron chi connectivity index (χ3n) is 4.51. The second-order valence-electron chi connectivity index (χ2n) is 5.41. The van der Waals surface area contributed by atoms with Crippen molar-refractivity contribution in [2.75, 3.05) is 18.5 Å². The number of fused-ring (bicyclic) bond motifs is 1. The van der Waals surface area contributed by atoms with Crippen LogP contribution in [0.4, 0.5) is 5.69 Å². The van der Waals surface area contributed by atoms with Crippen molar-refractivity contribution in [2.24, 2.45) is 0 Å². The van der Waals surface area contributed by atoms with Crippen molar-refractivity contribution in [1.82, 2.24) is 0 Å². The maximum Gasteiger partial charge on any atom is 0.0434 e. The molecule has 0 aliphatic carbocycles. The van der Waals surface area contributed by atoms with E-state index < -0.39 is 0 Å². The molecular formula is C16H25N. The molecule has 0 unspecified atom stereocenters. The molecule has 0 saturated carbocycles. The fraction of sp³-hybridized carbons (Fsp3) is 0.625. The van der Waals surface area contributed by atoms with Gasteiger partial charge in [-0.25, -0.2) is 0 Å². The zero-order valence-electron chi connectivity index (χ0n) is 12.0. The monoisotopic (exact) mass is 231 g/mol. The standard InChI is InChI=1S/C16H25N/c1-6-14-12(3)11(2)13(4)15-9-7-8-10-17(5)16(14)15/h6-10H2,1-5H3. The van der Waals surface area contributed by atoms with E-state index in [2.05, 4.69) is 39.6 Å². The van der Waals surface area contributed by atoms with E-state index in [9.17, 15) is 0 Å². The highest BCUT2D eigenvalue weighted by atomic mass is 15.1. The van der Waals surface area contributed by atoms with Gasteiger partial charge in [0.25, 0.3) is 0 Å². The van der Waals surface area contributed by atoms with Crippen LogP contribution >= 0.6 is 0 Å². The minimum Gasteiger partial charge on any atom is -0.374 e. The van der Waals surface area contributed by atoms with Crippen LogP contribution in [0.3, 0.4) is 0 Å². The molecule has 1 aromatic carbocycles. The van der Waals surface area contributed by atoms with Gasteiger partial charge in [0.1, 0.15) is 0 Å². The topological polar surface area (TPSA) is 3.24 Å².